The Morgan fingerprint density at radius 2 is 2.09 bits per heavy atom. The molecule has 4 nitrogen and oxygen atoms in total. The van der Waals surface area contributed by atoms with Crippen LogP contribution in [0.4, 0.5) is 0 Å². The second kappa shape index (κ2) is 6.76. The lowest BCUT2D eigenvalue weighted by Gasteiger charge is -2.23. The molecule has 0 bridgehead atoms. The summed E-state index contributed by atoms with van der Waals surface area (Å²) < 4.78 is 5.64. The van der Waals surface area contributed by atoms with Gasteiger partial charge < -0.3 is 9.73 Å². The molecule has 5 heteroatoms. The number of benzene rings is 1. The molecule has 23 heavy (non-hydrogen) atoms. The van der Waals surface area contributed by atoms with Crippen molar-refractivity contribution in [3.8, 4) is 6.07 Å². The molecule has 0 saturated heterocycles. The van der Waals surface area contributed by atoms with Gasteiger partial charge in [0.15, 0.2) is 0 Å². The fourth-order valence-corrected chi connectivity index (χ4v) is 3.58. The van der Waals surface area contributed by atoms with Crippen molar-refractivity contribution in [2.45, 2.75) is 25.0 Å². The summed E-state index contributed by atoms with van der Waals surface area (Å²) in [5.74, 6) is 1.76. The Morgan fingerprint density at radius 1 is 1.30 bits per heavy atom. The summed E-state index contributed by atoms with van der Waals surface area (Å²) in [7, 11) is 0. The number of thioether (sulfide) groups is 1. The number of furan rings is 1. The highest BCUT2D eigenvalue weighted by molar-refractivity contribution is 8.02. The number of carbonyl (C=O) groups is 1. The van der Waals surface area contributed by atoms with Crippen molar-refractivity contribution < 1.29 is 9.21 Å². The predicted molar refractivity (Wildman–Crippen MR) is 89.3 cm³/mol. The van der Waals surface area contributed by atoms with Gasteiger partial charge in [0, 0.05) is 12.2 Å². The normalized spacial score (nSPS) is 17.7. The van der Waals surface area contributed by atoms with E-state index in [1.807, 2.05) is 49.4 Å². The largest absolute Gasteiger partial charge is 0.466 e. The van der Waals surface area contributed by atoms with E-state index in [4.69, 9.17) is 4.42 Å². The molecule has 1 aliphatic heterocycles. The molecular formula is C18H16N2O2S. The van der Waals surface area contributed by atoms with E-state index in [9.17, 15) is 10.1 Å². The molecule has 1 N–H and O–H groups in total. The number of nitrogens with zero attached hydrogens (tertiary/aromatic N) is 1. The molecule has 0 saturated carbocycles. The lowest BCUT2D eigenvalue weighted by molar-refractivity contribution is -0.120. The molecule has 0 fully saturated rings. The Morgan fingerprint density at radius 3 is 2.74 bits per heavy atom. The van der Waals surface area contributed by atoms with Crippen molar-refractivity contribution in [1.29, 1.82) is 5.26 Å². The van der Waals surface area contributed by atoms with Crippen molar-refractivity contribution in [2.75, 3.05) is 0 Å². The van der Waals surface area contributed by atoms with Crippen molar-refractivity contribution in [3.05, 3.63) is 70.2 Å². The van der Waals surface area contributed by atoms with Gasteiger partial charge in [-0.15, -0.1) is 11.8 Å². The van der Waals surface area contributed by atoms with Crippen LogP contribution in [0, 0.1) is 18.3 Å². The SMILES string of the molecule is Cc1ccc([C@H]2CC(=O)NC(SCc3ccccc3)=C2C#N)o1. The zero-order chi connectivity index (χ0) is 16.2. The van der Waals surface area contributed by atoms with Crippen LogP contribution in [0.15, 0.2) is 57.5 Å². The minimum atomic E-state index is -0.305. The number of amides is 1. The molecule has 0 radical (unpaired) electrons. The number of carbonyl (C=O) groups excluding carboxylic acids is 1. The molecule has 116 valence electrons. The maximum Gasteiger partial charge on any atom is 0.225 e. The highest BCUT2D eigenvalue weighted by Crippen LogP contribution is 2.37. The first kappa shape index (κ1) is 15.4. The van der Waals surface area contributed by atoms with Crippen LogP contribution in [-0.4, -0.2) is 5.91 Å². The number of nitriles is 1. The number of allylic oxidation sites excluding steroid dienone is 1. The van der Waals surface area contributed by atoms with Crippen molar-refractivity contribution in [2.24, 2.45) is 0 Å². The van der Waals surface area contributed by atoms with Crippen LogP contribution in [0.5, 0.6) is 0 Å². The van der Waals surface area contributed by atoms with E-state index in [1.54, 1.807) is 0 Å². The number of rotatable bonds is 4. The van der Waals surface area contributed by atoms with Gasteiger partial charge >= 0.3 is 0 Å². The van der Waals surface area contributed by atoms with E-state index < -0.39 is 0 Å². The van der Waals surface area contributed by atoms with Crippen molar-refractivity contribution in [3.63, 3.8) is 0 Å². The maximum absolute atomic E-state index is 12.0. The van der Waals surface area contributed by atoms with Gasteiger partial charge in [-0.2, -0.15) is 5.26 Å². The molecule has 2 aromatic rings. The molecule has 3 rings (SSSR count). The van der Waals surface area contributed by atoms with Gasteiger partial charge in [0.05, 0.1) is 22.6 Å². The lowest BCUT2D eigenvalue weighted by Crippen LogP contribution is -2.30. The second-order valence-electron chi connectivity index (χ2n) is 5.38. The molecule has 1 aliphatic rings. The second-order valence-corrected chi connectivity index (χ2v) is 6.37. The zero-order valence-corrected chi connectivity index (χ0v) is 13.5. The van der Waals surface area contributed by atoms with Crippen molar-refractivity contribution in [1.82, 2.24) is 5.32 Å². The molecule has 0 aliphatic carbocycles. The number of hydrogen-bond acceptors (Lipinski definition) is 4. The highest BCUT2D eigenvalue weighted by atomic mass is 32.2. The fourth-order valence-electron chi connectivity index (χ4n) is 2.55. The molecule has 1 aromatic heterocycles. The third kappa shape index (κ3) is 3.49. The van der Waals surface area contributed by atoms with Gasteiger partial charge in [-0.25, -0.2) is 0 Å². The first-order chi connectivity index (χ1) is 11.2. The van der Waals surface area contributed by atoms with Crippen LogP contribution in [0.1, 0.15) is 29.4 Å². The lowest BCUT2D eigenvalue weighted by atomic mass is 9.92. The summed E-state index contributed by atoms with van der Waals surface area (Å²) in [4.78, 5) is 12.0. The molecular weight excluding hydrogens is 308 g/mol. The minimum Gasteiger partial charge on any atom is -0.466 e. The summed E-state index contributed by atoms with van der Waals surface area (Å²) in [5.41, 5.74) is 1.72. The summed E-state index contributed by atoms with van der Waals surface area (Å²) in [6, 6.07) is 15.9. The van der Waals surface area contributed by atoms with Gasteiger partial charge in [-0.05, 0) is 24.6 Å². The molecule has 0 spiro atoms. The topological polar surface area (TPSA) is 66.0 Å². The van der Waals surface area contributed by atoms with Crippen molar-refractivity contribution >= 4 is 17.7 Å². The van der Waals surface area contributed by atoms with Crippen LogP contribution < -0.4 is 5.32 Å². The van der Waals surface area contributed by atoms with E-state index in [0.29, 0.717) is 22.1 Å². The Kier molecular flexibility index (Phi) is 4.54. The Hall–Kier alpha value is -2.45. The van der Waals surface area contributed by atoms with E-state index in [2.05, 4.69) is 11.4 Å². The van der Waals surface area contributed by atoms with Crippen LogP contribution >= 0.6 is 11.8 Å². The average Bonchev–Trinajstić information content (AvgIpc) is 2.99. The summed E-state index contributed by atoms with van der Waals surface area (Å²) in [5, 5.41) is 13.0. The fraction of sp³-hybridized carbons (Fsp3) is 0.222. The van der Waals surface area contributed by atoms with Crippen LogP contribution in [-0.2, 0) is 10.5 Å². The maximum atomic E-state index is 12.0. The van der Waals surface area contributed by atoms with Gasteiger partial charge in [0.25, 0.3) is 0 Å². The first-order valence-electron chi connectivity index (χ1n) is 7.34. The Bertz CT molecular complexity index is 787. The molecule has 1 atom stereocenters. The molecule has 1 aromatic carbocycles. The first-order valence-corrected chi connectivity index (χ1v) is 8.33. The van der Waals surface area contributed by atoms with E-state index in [-0.39, 0.29) is 18.2 Å². The zero-order valence-electron chi connectivity index (χ0n) is 12.7. The van der Waals surface area contributed by atoms with E-state index in [0.717, 1.165) is 11.3 Å². The van der Waals surface area contributed by atoms with Gasteiger partial charge in [-0.3, -0.25) is 4.79 Å². The Balaban J connectivity index is 1.87. The third-order valence-electron chi connectivity index (χ3n) is 3.69. The van der Waals surface area contributed by atoms with Crippen LogP contribution in [0.3, 0.4) is 0 Å². The molecule has 0 unspecified atom stereocenters. The van der Waals surface area contributed by atoms with E-state index >= 15 is 0 Å². The standard InChI is InChI=1S/C18H16N2O2S/c1-12-7-8-16(22-12)14-9-17(21)20-18(15(14)10-19)23-11-13-5-3-2-4-6-13/h2-8,14H,9,11H2,1H3,(H,20,21)/t14-/m0/s1. The number of nitrogens with one attached hydrogen (secondary N) is 1. The van der Waals surface area contributed by atoms with Gasteiger partial charge in [0.2, 0.25) is 5.91 Å². The monoisotopic (exact) mass is 324 g/mol. The predicted octanol–water partition coefficient (Wildman–Crippen LogP) is 3.86. The third-order valence-corrected chi connectivity index (χ3v) is 4.77. The minimum absolute atomic E-state index is 0.0846. The van der Waals surface area contributed by atoms with Gasteiger partial charge in [0.1, 0.15) is 11.5 Å². The van der Waals surface area contributed by atoms with Gasteiger partial charge in [-0.1, -0.05) is 30.3 Å². The smallest absolute Gasteiger partial charge is 0.225 e. The Labute approximate surface area is 139 Å². The molecule has 1 amide bonds. The number of hydrogen-bond donors (Lipinski definition) is 1. The average molecular weight is 324 g/mol. The molecule has 2 heterocycles. The summed E-state index contributed by atoms with van der Waals surface area (Å²) in [6.45, 7) is 1.85. The quantitative estimate of drug-likeness (QED) is 0.927. The van der Waals surface area contributed by atoms with Crippen LogP contribution in [0.25, 0.3) is 0 Å². The summed E-state index contributed by atoms with van der Waals surface area (Å²) >= 11 is 1.48. The summed E-state index contributed by atoms with van der Waals surface area (Å²) in [6.07, 6.45) is 0.241. The van der Waals surface area contributed by atoms with Crippen LogP contribution in [0.2, 0.25) is 0 Å². The highest BCUT2D eigenvalue weighted by Gasteiger charge is 2.31. The van der Waals surface area contributed by atoms with E-state index in [1.165, 1.54) is 11.8 Å². The number of aryl methyl sites for hydroxylation is 1.